The van der Waals surface area contributed by atoms with Crippen LogP contribution in [0.15, 0.2) is 48.5 Å². The first-order chi connectivity index (χ1) is 10.6. The number of hydrogen-bond donors (Lipinski definition) is 1. The van der Waals surface area contributed by atoms with Crippen LogP contribution in [0.4, 0.5) is 15.6 Å². The van der Waals surface area contributed by atoms with E-state index in [2.05, 4.69) is 10.3 Å². The van der Waals surface area contributed by atoms with Gasteiger partial charge < -0.3 is 4.74 Å². The zero-order chi connectivity index (χ0) is 15.5. The van der Waals surface area contributed by atoms with Crippen LogP contribution in [-0.4, -0.2) is 16.0 Å². The molecule has 0 radical (unpaired) electrons. The van der Waals surface area contributed by atoms with Crippen molar-refractivity contribution < 1.29 is 14.5 Å². The van der Waals surface area contributed by atoms with Crippen LogP contribution in [0.2, 0.25) is 0 Å². The Bertz CT molecular complexity index is 848. The second-order valence-corrected chi connectivity index (χ2v) is 5.29. The van der Waals surface area contributed by atoms with E-state index in [1.54, 1.807) is 24.3 Å². The van der Waals surface area contributed by atoms with Crippen LogP contribution < -0.4 is 10.1 Å². The minimum Gasteiger partial charge on any atom is -0.410 e. The number of carbonyl (C=O) groups is 1. The molecule has 3 rings (SSSR count). The molecule has 0 unspecified atom stereocenters. The van der Waals surface area contributed by atoms with Gasteiger partial charge in [0.25, 0.3) is 5.69 Å². The SMILES string of the molecule is O=C(Nc1nc2ccc([N+](=O)[O-])cc2s1)Oc1ccccc1. The average molecular weight is 315 g/mol. The normalized spacial score (nSPS) is 10.4. The van der Waals surface area contributed by atoms with Crippen molar-refractivity contribution in [3.05, 3.63) is 58.6 Å². The lowest BCUT2D eigenvalue weighted by Gasteiger charge is -2.03. The zero-order valence-corrected chi connectivity index (χ0v) is 11.9. The fourth-order valence-electron chi connectivity index (χ4n) is 1.79. The number of ether oxygens (including phenoxy) is 1. The van der Waals surface area contributed by atoms with Crippen LogP contribution in [0.25, 0.3) is 10.2 Å². The number of aromatic nitrogens is 1. The number of nitrogens with zero attached hydrogens (tertiary/aromatic N) is 2. The molecule has 0 spiro atoms. The molecule has 0 fully saturated rings. The molecule has 1 aromatic heterocycles. The smallest absolute Gasteiger partial charge is 0.410 e. The number of nitrogens with one attached hydrogen (secondary N) is 1. The lowest BCUT2D eigenvalue weighted by atomic mass is 10.3. The number of non-ortho nitro benzene ring substituents is 1. The quantitative estimate of drug-likeness (QED) is 0.585. The Morgan fingerprint density at radius 1 is 1.23 bits per heavy atom. The molecule has 1 heterocycles. The molecular weight excluding hydrogens is 306 g/mol. The van der Waals surface area contributed by atoms with Crippen LogP contribution in [0.1, 0.15) is 0 Å². The standard InChI is InChI=1S/C14H9N3O4S/c18-14(21-10-4-2-1-3-5-10)16-13-15-11-7-6-9(17(19)20)8-12(11)22-13/h1-8H,(H,15,16,18). The molecule has 0 saturated carbocycles. The molecule has 0 bridgehead atoms. The number of fused-ring (bicyclic) bond motifs is 1. The van der Waals surface area contributed by atoms with Gasteiger partial charge in [-0.1, -0.05) is 29.5 Å². The summed E-state index contributed by atoms with van der Waals surface area (Å²) in [6.07, 6.45) is -0.667. The van der Waals surface area contributed by atoms with E-state index in [0.717, 1.165) is 11.3 Å². The number of rotatable bonds is 3. The Balaban J connectivity index is 1.76. The van der Waals surface area contributed by atoms with Crippen molar-refractivity contribution in [3.63, 3.8) is 0 Å². The third-order valence-corrected chi connectivity index (χ3v) is 3.68. The molecule has 0 saturated heterocycles. The largest absolute Gasteiger partial charge is 0.418 e. The average Bonchev–Trinajstić information content (AvgIpc) is 2.89. The number of nitro groups is 1. The topological polar surface area (TPSA) is 94.4 Å². The number of amides is 1. The minimum atomic E-state index is -0.667. The summed E-state index contributed by atoms with van der Waals surface area (Å²) in [7, 11) is 0. The Morgan fingerprint density at radius 3 is 2.73 bits per heavy atom. The lowest BCUT2D eigenvalue weighted by Crippen LogP contribution is -2.16. The van der Waals surface area contributed by atoms with Crippen LogP contribution in [0.5, 0.6) is 5.75 Å². The predicted octanol–water partition coefficient (Wildman–Crippen LogP) is 3.82. The van der Waals surface area contributed by atoms with Gasteiger partial charge in [-0.2, -0.15) is 0 Å². The monoisotopic (exact) mass is 315 g/mol. The molecule has 0 aliphatic carbocycles. The number of carbonyl (C=O) groups excluding carboxylic acids is 1. The summed E-state index contributed by atoms with van der Waals surface area (Å²) in [5.41, 5.74) is 0.556. The van der Waals surface area contributed by atoms with Gasteiger partial charge >= 0.3 is 6.09 Å². The molecule has 110 valence electrons. The van der Waals surface area contributed by atoms with Gasteiger partial charge in [0.15, 0.2) is 5.13 Å². The maximum atomic E-state index is 11.8. The molecule has 7 nitrogen and oxygen atoms in total. The Morgan fingerprint density at radius 2 is 2.00 bits per heavy atom. The highest BCUT2D eigenvalue weighted by atomic mass is 32.1. The van der Waals surface area contributed by atoms with Gasteiger partial charge in [0, 0.05) is 12.1 Å². The van der Waals surface area contributed by atoms with Gasteiger partial charge in [-0.05, 0) is 18.2 Å². The molecule has 3 aromatic rings. The van der Waals surface area contributed by atoms with Gasteiger partial charge in [-0.3, -0.25) is 15.4 Å². The van der Waals surface area contributed by atoms with E-state index in [9.17, 15) is 14.9 Å². The summed E-state index contributed by atoms with van der Waals surface area (Å²) in [4.78, 5) is 26.2. The number of anilines is 1. The second-order valence-electron chi connectivity index (χ2n) is 4.26. The number of nitro benzene ring substituents is 1. The van der Waals surface area contributed by atoms with Crippen molar-refractivity contribution in [3.8, 4) is 5.75 Å². The molecule has 8 heteroatoms. The van der Waals surface area contributed by atoms with Crippen molar-refractivity contribution in [1.29, 1.82) is 0 Å². The Kier molecular flexibility index (Phi) is 3.67. The van der Waals surface area contributed by atoms with Gasteiger partial charge in [-0.25, -0.2) is 9.78 Å². The van der Waals surface area contributed by atoms with E-state index in [0.29, 0.717) is 21.1 Å². The summed E-state index contributed by atoms with van der Waals surface area (Å²) in [5.74, 6) is 0.414. The maximum Gasteiger partial charge on any atom is 0.418 e. The Hall–Kier alpha value is -3.00. The van der Waals surface area contributed by atoms with E-state index in [4.69, 9.17) is 4.74 Å². The summed E-state index contributed by atoms with van der Waals surface area (Å²) in [5, 5.41) is 13.6. The van der Waals surface area contributed by atoms with E-state index in [1.165, 1.54) is 18.2 Å². The molecule has 22 heavy (non-hydrogen) atoms. The summed E-state index contributed by atoms with van der Waals surface area (Å²) in [6, 6.07) is 12.9. The summed E-state index contributed by atoms with van der Waals surface area (Å²) in [6.45, 7) is 0. The minimum absolute atomic E-state index is 0.0189. The van der Waals surface area contributed by atoms with Crippen molar-refractivity contribution in [1.82, 2.24) is 4.98 Å². The number of para-hydroxylation sites is 1. The summed E-state index contributed by atoms with van der Waals surface area (Å²) < 4.78 is 5.70. The first-order valence-corrected chi connectivity index (χ1v) is 7.02. The highest BCUT2D eigenvalue weighted by Gasteiger charge is 2.12. The lowest BCUT2D eigenvalue weighted by molar-refractivity contribution is -0.384. The molecule has 1 N–H and O–H groups in total. The third-order valence-electron chi connectivity index (χ3n) is 2.75. The Labute approximate surface area is 128 Å². The van der Waals surface area contributed by atoms with Crippen molar-refractivity contribution in [2.24, 2.45) is 0 Å². The molecule has 0 aliphatic heterocycles. The highest BCUT2D eigenvalue weighted by Crippen LogP contribution is 2.29. The third kappa shape index (κ3) is 3.01. The number of hydrogen-bond acceptors (Lipinski definition) is 6. The molecule has 0 aliphatic rings. The fourth-order valence-corrected chi connectivity index (χ4v) is 2.67. The number of thiazole rings is 1. The molecule has 1 amide bonds. The van der Waals surface area contributed by atoms with Crippen LogP contribution >= 0.6 is 11.3 Å². The van der Waals surface area contributed by atoms with Crippen molar-refractivity contribution in [2.75, 3.05) is 5.32 Å². The van der Waals surface area contributed by atoms with E-state index < -0.39 is 11.0 Å². The molecule has 2 aromatic carbocycles. The van der Waals surface area contributed by atoms with Crippen molar-refractivity contribution in [2.45, 2.75) is 0 Å². The van der Waals surface area contributed by atoms with E-state index in [1.807, 2.05) is 6.07 Å². The first-order valence-electron chi connectivity index (χ1n) is 6.21. The van der Waals surface area contributed by atoms with Crippen LogP contribution in [0.3, 0.4) is 0 Å². The molecular formula is C14H9N3O4S. The predicted molar refractivity (Wildman–Crippen MR) is 82.4 cm³/mol. The van der Waals surface area contributed by atoms with E-state index in [-0.39, 0.29) is 5.69 Å². The van der Waals surface area contributed by atoms with Gasteiger partial charge in [0.2, 0.25) is 0 Å². The fraction of sp³-hybridized carbons (Fsp3) is 0. The highest BCUT2D eigenvalue weighted by molar-refractivity contribution is 7.22. The number of benzene rings is 2. The summed E-state index contributed by atoms with van der Waals surface area (Å²) >= 11 is 1.14. The first kappa shape index (κ1) is 14.0. The zero-order valence-electron chi connectivity index (χ0n) is 11.1. The van der Waals surface area contributed by atoms with Gasteiger partial charge in [0.05, 0.1) is 15.1 Å². The van der Waals surface area contributed by atoms with Gasteiger partial charge in [-0.15, -0.1) is 0 Å². The van der Waals surface area contributed by atoms with Crippen LogP contribution in [-0.2, 0) is 0 Å². The van der Waals surface area contributed by atoms with Crippen molar-refractivity contribution >= 4 is 38.5 Å². The van der Waals surface area contributed by atoms with E-state index >= 15 is 0 Å². The second kappa shape index (κ2) is 5.78. The molecule has 0 atom stereocenters. The van der Waals surface area contributed by atoms with Gasteiger partial charge in [0.1, 0.15) is 5.75 Å². The maximum absolute atomic E-state index is 11.8. The van der Waals surface area contributed by atoms with Crippen LogP contribution in [0, 0.1) is 10.1 Å².